The van der Waals surface area contributed by atoms with Crippen molar-refractivity contribution in [3.63, 3.8) is 0 Å². The lowest BCUT2D eigenvalue weighted by Gasteiger charge is -2.26. The van der Waals surface area contributed by atoms with Gasteiger partial charge in [0.2, 0.25) is 0 Å². The fourth-order valence-corrected chi connectivity index (χ4v) is 2.12. The molecule has 0 amide bonds. The lowest BCUT2D eigenvalue weighted by Crippen LogP contribution is -2.35. The molecule has 0 spiro atoms. The molecule has 17 heavy (non-hydrogen) atoms. The van der Waals surface area contributed by atoms with E-state index in [9.17, 15) is 0 Å². The molecule has 1 aromatic rings. The summed E-state index contributed by atoms with van der Waals surface area (Å²) in [5.41, 5.74) is 2.78. The monoisotopic (exact) mass is 234 g/mol. The van der Waals surface area contributed by atoms with Crippen LogP contribution in [0.25, 0.3) is 0 Å². The van der Waals surface area contributed by atoms with Crippen LogP contribution in [-0.4, -0.2) is 37.7 Å². The molecular weight excluding hydrogens is 212 g/mol. The molecule has 1 N–H and O–H groups in total. The number of hydrogen-bond acceptors (Lipinski definition) is 3. The Morgan fingerprint density at radius 3 is 2.76 bits per heavy atom. The summed E-state index contributed by atoms with van der Waals surface area (Å²) in [4.78, 5) is 2.45. The average Bonchev–Trinajstić information content (AvgIpc) is 2.38. The Labute approximate surface area is 104 Å². The third-order valence-electron chi connectivity index (χ3n) is 3.08. The van der Waals surface area contributed by atoms with Crippen molar-refractivity contribution in [1.82, 2.24) is 10.2 Å². The van der Waals surface area contributed by atoms with Crippen LogP contribution in [0.1, 0.15) is 18.1 Å². The van der Waals surface area contributed by atoms with Gasteiger partial charge in [-0.05, 0) is 17.7 Å². The summed E-state index contributed by atoms with van der Waals surface area (Å²) in [5.74, 6) is 0. The highest BCUT2D eigenvalue weighted by molar-refractivity contribution is 5.23. The van der Waals surface area contributed by atoms with Crippen molar-refractivity contribution < 1.29 is 4.74 Å². The van der Waals surface area contributed by atoms with Crippen molar-refractivity contribution in [1.29, 1.82) is 0 Å². The van der Waals surface area contributed by atoms with Crippen LogP contribution in [0, 0.1) is 0 Å². The van der Waals surface area contributed by atoms with Crippen LogP contribution in [0.15, 0.2) is 24.3 Å². The van der Waals surface area contributed by atoms with Gasteiger partial charge in [-0.15, -0.1) is 0 Å². The summed E-state index contributed by atoms with van der Waals surface area (Å²) in [7, 11) is 0. The van der Waals surface area contributed by atoms with E-state index in [-0.39, 0.29) is 0 Å². The van der Waals surface area contributed by atoms with Crippen LogP contribution >= 0.6 is 0 Å². The molecule has 1 aromatic carbocycles. The molecule has 3 heteroatoms. The van der Waals surface area contributed by atoms with Gasteiger partial charge in [-0.1, -0.05) is 31.2 Å². The summed E-state index contributed by atoms with van der Waals surface area (Å²) in [6, 6.07) is 8.86. The number of nitrogens with one attached hydrogen (secondary N) is 1. The maximum absolute atomic E-state index is 5.36. The molecule has 0 saturated carbocycles. The van der Waals surface area contributed by atoms with Crippen molar-refractivity contribution in [3.8, 4) is 0 Å². The Morgan fingerprint density at radius 1 is 1.24 bits per heavy atom. The van der Waals surface area contributed by atoms with Gasteiger partial charge in [0.15, 0.2) is 0 Å². The highest BCUT2D eigenvalue weighted by Gasteiger charge is 2.10. The van der Waals surface area contributed by atoms with Crippen molar-refractivity contribution >= 4 is 0 Å². The van der Waals surface area contributed by atoms with E-state index < -0.39 is 0 Å². The molecule has 0 aliphatic carbocycles. The lowest BCUT2D eigenvalue weighted by molar-refractivity contribution is 0.0342. The Morgan fingerprint density at radius 2 is 2.00 bits per heavy atom. The Hall–Kier alpha value is -0.900. The Kier molecular flexibility index (Phi) is 4.98. The summed E-state index contributed by atoms with van der Waals surface area (Å²) < 4.78 is 5.36. The third kappa shape index (κ3) is 4.11. The van der Waals surface area contributed by atoms with Crippen LogP contribution in [0.5, 0.6) is 0 Å². The van der Waals surface area contributed by atoms with E-state index >= 15 is 0 Å². The van der Waals surface area contributed by atoms with E-state index in [4.69, 9.17) is 4.74 Å². The topological polar surface area (TPSA) is 24.5 Å². The molecule has 1 aliphatic heterocycles. The molecular formula is C14H22N2O. The van der Waals surface area contributed by atoms with Crippen LogP contribution in [0.2, 0.25) is 0 Å². The maximum atomic E-state index is 5.36. The fourth-order valence-electron chi connectivity index (χ4n) is 2.12. The first-order valence-corrected chi connectivity index (χ1v) is 6.47. The van der Waals surface area contributed by atoms with Gasteiger partial charge in [0.05, 0.1) is 13.2 Å². The van der Waals surface area contributed by atoms with Crippen molar-refractivity contribution in [2.75, 3.05) is 32.8 Å². The molecule has 2 rings (SSSR count). The maximum Gasteiger partial charge on any atom is 0.0594 e. The first-order valence-electron chi connectivity index (χ1n) is 6.47. The number of rotatable bonds is 5. The molecule has 1 heterocycles. The third-order valence-corrected chi connectivity index (χ3v) is 3.08. The minimum atomic E-state index is 0.872. The molecule has 1 fully saturated rings. The van der Waals surface area contributed by atoms with Crippen LogP contribution in [0.4, 0.5) is 0 Å². The van der Waals surface area contributed by atoms with Gasteiger partial charge in [-0.2, -0.15) is 0 Å². The van der Waals surface area contributed by atoms with E-state index in [1.807, 2.05) is 0 Å². The van der Waals surface area contributed by atoms with Gasteiger partial charge >= 0.3 is 0 Å². The number of morpholine rings is 1. The molecule has 0 bridgehead atoms. The van der Waals surface area contributed by atoms with Gasteiger partial charge in [-0.25, -0.2) is 0 Å². The molecule has 0 atom stereocenters. The van der Waals surface area contributed by atoms with E-state index in [0.29, 0.717) is 0 Å². The molecule has 94 valence electrons. The van der Waals surface area contributed by atoms with Crippen LogP contribution in [-0.2, 0) is 17.8 Å². The first-order chi connectivity index (χ1) is 8.38. The van der Waals surface area contributed by atoms with Gasteiger partial charge in [-0.3, -0.25) is 4.90 Å². The SMILES string of the molecule is CCNCc1cccc(CN2CCOCC2)c1. The summed E-state index contributed by atoms with van der Waals surface area (Å²) in [6.45, 7) is 9.02. The predicted octanol–water partition coefficient (Wildman–Crippen LogP) is 1.63. The lowest BCUT2D eigenvalue weighted by atomic mass is 10.1. The Bertz CT molecular complexity index is 335. The van der Waals surface area contributed by atoms with Crippen molar-refractivity contribution in [2.24, 2.45) is 0 Å². The second-order valence-electron chi connectivity index (χ2n) is 4.49. The number of ether oxygens (including phenoxy) is 1. The normalized spacial score (nSPS) is 17.2. The number of hydrogen-bond donors (Lipinski definition) is 1. The van der Waals surface area contributed by atoms with Gasteiger partial charge < -0.3 is 10.1 Å². The number of benzene rings is 1. The van der Waals surface area contributed by atoms with Crippen molar-refractivity contribution in [3.05, 3.63) is 35.4 Å². The zero-order valence-corrected chi connectivity index (χ0v) is 10.6. The summed E-state index contributed by atoms with van der Waals surface area (Å²) in [5, 5.41) is 3.36. The molecule has 1 aliphatic rings. The zero-order chi connectivity index (χ0) is 11.9. The highest BCUT2D eigenvalue weighted by Crippen LogP contribution is 2.09. The second kappa shape index (κ2) is 6.74. The van der Waals surface area contributed by atoms with Gasteiger partial charge in [0.25, 0.3) is 0 Å². The standard InChI is InChI=1S/C14H22N2O/c1-2-15-11-13-4-3-5-14(10-13)12-16-6-8-17-9-7-16/h3-5,10,15H,2,6-9,11-12H2,1H3. The zero-order valence-electron chi connectivity index (χ0n) is 10.6. The van der Waals surface area contributed by atoms with E-state index in [1.54, 1.807) is 0 Å². The minimum absolute atomic E-state index is 0.872. The van der Waals surface area contributed by atoms with Gasteiger partial charge in [0, 0.05) is 26.2 Å². The molecule has 0 aromatic heterocycles. The van der Waals surface area contributed by atoms with E-state index in [0.717, 1.165) is 45.9 Å². The molecule has 0 radical (unpaired) electrons. The molecule has 0 unspecified atom stereocenters. The second-order valence-corrected chi connectivity index (χ2v) is 4.49. The van der Waals surface area contributed by atoms with Crippen LogP contribution < -0.4 is 5.32 Å². The fraction of sp³-hybridized carbons (Fsp3) is 0.571. The molecule has 1 saturated heterocycles. The predicted molar refractivity (Wildman–Crippen MR) is 69.9 cm³/mol. The summed E-state index contributed by atoms with van der Waals surface area (Å²) in [6.07, 6.45) is 0. The average molecular weight is 234 g/mol. The Balaban J connectivity index is 1.90. The van der Waals surface area contributed by atoms with Crippen LogP contribution in [0.3, 0.4) is 0 Å². The first kappa shape index (κ1) is 12.6. The van der Waals surface area contributed by atoms with Gasteiger partial charge in [0.1, 0.15) is 0 Å². The molecule has 3 nitrogen and oxygen atoms in total. The minimum Gasteiger partial charge on any atom is -0.379 e. The largest absolute Gasteiger partial charge is 0.379 e. The quantitative estimate of drug-likeness (QED) is 0.838. The number of nitrogens with zero attached hydrogens (tertiary/aromatic N) is 1. The van der Waals surface area contributed by atoms with E-state index in [1.165, 1.54) is 11.1 Å². The summed E-state index contributed by atoms with van der Waals surface area (Å²) >= 11 is 0. The van der Waals surface area contributed by atoms with E-state index in [2.05, 4.69) is 41.4 Å². The highest BCUT2D eigenvalue weighted by atomic mass is 16.5. The smallest absolute Gasteiger partial charge is 0.0594 e. The van der Waals surface area contributed by atoms with Crippen molar-refractivity contribution in [2.45, 2.75) is 20.0 Å².